The summed E-state index contributed by atoms with van der Waals surface area (Å²) in [6.45, 7) is 4.68. The number of rotatable bonds is 6. The molecule has 1 aliphatic heterocycles. The molecule has 0 atom stereocenters. The predicted octanol–water partition coefficient (Wildman–Crippen LogP) is 2.62. The van der Waals surface area contributed by atoms with Crippen LogP contribution in [0.5, 0.6) is 0 Å². The molecule has 1 fully saturated rings. The van der Waals surface area contributed by atoms with Crippen LogP contribution in [0.2, 0.25) is 0 Å². The molecule has 0 spiro atoms. The Balaban J connectivity index is 1.38. The number of nitrogens with one attached hydrogen (secondary N) is 1. The average Bonchev–Trinajstić information content (AvgIpc) is 3.06. The number of nitrogens with zero attached hydrogens (tertiary/aromatic N) is 3. The van der Waals surface area contributed by atoms with Gasteiger partial charge in [-0.25, -0.2) is 0 Å². The topological polar surface area (TPSA) is 78.7 Å². The highest BCUT2D eigenvalue weighted by atomic mass is 79.9. The van der Waals surface area contributed by atoms with Crippen LogP contribution >= 0.6 is 27.7 Å². The van der Waals surface area contributed by atoms with Crippen LogP contribution in [-0.4, -0.2) is 65.2 Å². The highest BCUT2D eigenvalue weighted by Crippen LogP contribution is 2.21. The van der Waals surface area contributed by atoms with Crippen molar-refractivity contribution < 1.29 is 14.1 Å². The highest BCUT2D eigenvalue weighted by Gasteiger charge is 2.22. The molecule has 1 N–H and O–H groups in total. The van der Waals surface area contributed by atoms with Crippen LogP contribution in [0, 0.1) is 6.92 Å². The average molecular weight is 453 g/mol. The number of hydrogen-bond donors (Lipinski definition) is 1. The van der Waals surface area contributed by atoms with Crippen molar-refractivity contribution >= 4 is 45.3 Å². The van der Waals surface area contributed by atoms with Gasteiger partial charge in [-0.2, -0.15) is 0 Å². The zero-order chi connectivity index (χ0) is 19.2. The maximum atomic E-state index is 12.4. The van der Waals surface area contributed by atoms with Crippen molar-refractivity contribution in [3.8, 4) is 0 Å². The number of aryl methyl sites for hydroxylation is 1. The van der Waals surface area contributed by atoms with E-state index in [0.29, 0.717) is 43.5 Å². The zero-order valence-corrected chi connectivity index (χ0v) is 17.4. The number of benzene rings is 1. The number of carbonyl (C=O) groups excluding carboxylic acids is 2. The Morgan fingerprint density at radius 1 is 1.22 bits per heavy atom. The number of piperazine rings is 1. The molecule has 1 saturated heterocycles. The van der Waals surface area contributed by atoms with Crippen LogP contribution in [0.1, 0.15) is 5.76 Å². The van der Waals surface area contributed by atoms with Crippen molar-refractivity contribution in [2.45, 2.75) is 11.8 Å². The van der Waals surface area contributed by atoms with E-state index in [0.717, 1.165) is 9.37 Å². The summed E-state index contributed by atoms with van der Waals surface area (Å²) in [5, 5.41) is 6.46. The molecule has 0 radical (unpaired) electrons. The number of anilines is 1. The van der Waals surface area contributed by atoms with Gasteiger partial charge in [0.25, 0.3) is 0 Å². The van der Waals surface area contributed by atoms with E-state index >= 15 is 0 Å². The van der Waals surface area contributed by atoms with E-state index in [4.69, 9.17) is 4.52 Å². The molecule has 2 heterocycles. The molecule has 144 valence electrons. The van der Waals surface area contributed by atoms with Gasteiger partial charge in [0.1, 0.15) is 5.76 Å². The van der Waals surface area contributed by atoms with E-state index < -0.39 is 0 Å². The van der Waals surface area contributed by atoms with Gasteiger partial charge in [-0.3, -0.25) is 14.5 Å². The molecule has 1 aromatic heterocycles. The molecule has 2 aromatic rings. The largest absolute Gasteiger partial charge is 0.360 e. The maximum Gasteiger partial charge on any atom is 0.239 e. The first-order valence-electron chi connectivity index (χ1n) is 8.61. The second-order valence-corrected chi connectivity index (χ2v) is 8.23. The van der Waals surface area contributed by atoms with Gasteiger partial charge in [0.05, 0.1) is 12.3 Å². The summed E-state index contributed by atoms with van der Waals surface area (Å²) in [4.78, 5) is 29.4. The smallest absolute Gasteiger partial charge is 0.239 e. The van der Waals surface area contributed by atoms with Crippen molar-refractivity contribution in [1.82, 2.24) is 15.0 Å². The number of amides is 2. The lowest BCUT2D eigenvalue weighted by Crippen LogP contribution is -2.50. The van der Waals surface area contributed by atoms with Gasteiger partial charge < -0.3 is 14.7 Å². The summed E-state index contributed by atoms with van der Waals surface area (Å²) in [7, 11) is 0. The van der Waals surface area contributed by atoms with Gasteiger partial charge in [-0.1, -0.05) is 21.1 Å². The Labute approximate surface area is 170 Å². The normalized spacial score (nSPS) is 15.0. The third-order valence-electron chi connectivity index (χ3n) is 4.16. The summed E-state index contributed by atoms with van der Waals surface area (Å²) in [5.41, 5.74) is 0. The van der Waals surface area contributed by atoms with Crippen molar-refractivity contribution in [2.75, 3.05) is 43.8 Å². The standard InChI is InChI=1S/C18H21BrN4O3S/c1-13-10-16(21-26-13)20-17(24)11-22-6-8-23(9-7-22)18(25)12-27-15-4-2-14(19)3-5-15/h2-5,10H,6-9,11-12H2,1H3,(H,20,21,24). The van der Waals surface area contributed by atoms with Crippen molar-refractivity contribution in [2.24, 2.45) is 0 Å². The van der Waals surface area contributed by atoms with Crippen molar-refractivity contribution in [3.05, 3.63) is 40.6 Å². The first kappa shape index (κ1) is 19.9. The van der Waals surface area contributed by atoms with Crippen LogP contribution in [0.4, 0.5) is 5.82 Å². The predicted molar refractivity (Wildman–Crippen MR) is 108 cm³/mol. The lowest BCUT2D eigenvalue weighted by molar-refractivity contribution is -0.130. The van der Waals surface area contributed by atoms with Gasteiger partial charge in [0.2, 0.25) is 11.8 Å². The van der Waals surface area contributed by atoms with E-state index in [-0.39, 0.29) is 18.4 Å². The lowest BCUT2D eigenvalue weighted by Gasteiger charge is -2.34. The molecule has 0 bridgehead atoms. The van der Waals surface area contributed by atoms with Crippen LogP contribution < -0.4 is 5.32 Å². The molecule has 27 heavy (non-hydrogen) atoms. The second-order valence-electron chi connectivity index (χ2n) is 6.27. The molecule has 7 nitrogen and oxygen atoms in total. The molecule has 0 saturated carbocycles. The Kier molecular flexibility index (Phi) is 6.92. The van der Waals surface area contributed by atoms with Gasteiger partial charge in [-0.05, 0) is 31.2 Å². The van der Waals surface area contributed by atoms with Crippen LogP contribution in [0.25, 0.3) is 0 Å². The first-order chi connectivity index (χ1) is 13.0. The Hall–Kier alpha value is -1.84. The summed E-state index contributed by atoms with van der Waals surface area (Å²) in [5.74, 6) is 1.50. The van der Waals surface area contributed by atoms with Crippen LogP contribution in [-0.2, 0) is 9.59 Å². The van der Waals surface area contributed by atoms with Gasteiger partial charge in [0, 0.05) is 41.6 Å². The Morgan fingerprint density at radius 3 is 2.56 bits per heavy atom. The first-order valence-corrected chi connectivity index (χ1v) is 10.4. The van der Waals surface area contributed by atoms with E-state index in [1.807, 2.05) is 34.1 Å². The minimum Gasteiger partial charge on any atom is -0.360 e. The van der Waals surface area contributed by atoms with Crippen LogP contribution in [0.3, 0.4) is 0 Å². The highest BCUT2D eigenvalue weighted by molar-refractivity contribution is 9.10. The van der Waals surface area contributed by atoms with E-state index in [2.05, 4.69) is 26.4 Å². The third-order valence-corrected chi connectivity index (χ3v) is 5.69. The second kappa shape index (κ2) is 9.38. The SMILES string of the molecule is Cc1cc(NC(=O)CN2CCN(C(=O)CSc3ccc(Br)cc3)CC2)no1. The molecule has 2 amide bonds. The zero-order valence-electron chi connectivity index (χ0n) is 15.0. The van der Waals surface area contributed by atoms with Gasteiger partial charge in [-0.15, -0.1) is 11.8 Å². The summed E-state index contributed by atoms with van der Waals surface area (Å²) in [6, 6.07) is 9.61. The van der Waals surface area contributed by atoms with Gasteiger partial charge in [0.15, 0.2) is 5.82 Å². The molecule has 0 unspecified atom stereocenters. The van der Waals surface area contributed by atoms with Crippen molar-refractivity contribution in [1.29, 1.82) is 0 Å². The molecule has 1 aromatic carbocycles. The maximum absolute atomic E-state index is 12.4. The molecular formula is C18H21BrN4O3S. The number of halogens is 1. The fraction of sp³-hybridized carbons (Fsp3) is 0.389. The molecule has 9 heteroatoms. The number of carbonyl (C=O) groups is 2. The Bertz CT molecular complexity index is 788. The van der Waals surface area contributed by atoms with E-state index in [9.17, 15) is 9.59 Å². The molecule has 1 aliphatic rings. The minimum absolute atomic E-state index is 0.130. The summed E-state index contributed by atoms with van der Waals surface area (Å²) in [6.07, 6.45) is 0. The number of hydrogen-bond acceptors (Lipinski definition) is 6. The fourth-order valence-electron chi connectivity index (χ4n) is 2.73. The summed E-state index contributed by atoms with van der Waals surface area (Å²) >= 11 is 4.94. The van der Waals surface area contributed by atoms with E-state index in [1.54, 1.807) is 13.0 Å². The molecule has 3 rings (SSSR count). The van der Waals surface area contributed by atoms with Gasteiger partial charge >= 0.3 is 0 Å². The van der Waals surface area contributed by atoms with E-state index in [1.165, 1.54) is 11.8 Å². The van der Waals surface area contributed by atoms with Crippen molar-refractivity contribution in [3.63, 3.8) is 0 Å². The molecule has 0 aliphatic carbocycles. The fourth-order valence-corrected chi connectivity index (χ4v) is 3.80. The monoisotopic (exact) mass is 452 g/mol. The lowest BCUT2D eigenvalue weighted by atomic mass is 10.3. The summed E-state index contributed by atoms with van der Waals surface area (Å²) < 4.78 is 5.95. The number of aromatic nitrogens is 1. The minimum atomic E-state index is -0.131. The quantitative estimate of drug-likeness (QED) is 0.678. The number of thioether (sulfide) groups is 1. The van der Waals surface area contributed by atoms with Crippen LogP contribution in [0.15, 0.2) is 44.2 Å². The third kappa shape index (κ3) is 6.08. The molecular weight excluding hydrogens is 432 g/mol. The Morgan fingerprint density at radius 2 is 1.93 bits per heavy atom.